The Bertz CT molecular complexity index is 866. The standard InChI is InChI=1S/C22H30N4O/c1-22(11-20(23)25(3)21(27)12-22)17-7-6-10-26(15-17)14-16-13-24(2)19-9-5-4-8-18(16)19/h4-5,8-9,13,17,23H,6-7,10-12,14-15H2,1-3H3/t17?,22-/m0/s1. The number of carbonyl (C=O) groups excluding carboxylic acids is 1. The summed E-state index contributed by atoms with van der Waals surface area (Å²) in [4.78, 5) is 16.4. The number of carbonyl (C=O) groups is 1. The van der Waals surface area contributed by atoms with Crippen molar-refractivity contribution in [2.75, 3.05) is 20.1 Å². The summed E-state index contributed by atoms with van der Waals surface area (Å²) in [6.07, 6.45) is 5.86. The maximum atomic E-state index is 12.4. The van der Waals surface area contributed by atoms with E-state index in [4.69, 9.17) is 5.41 Å². The van der Waals surface area contributed by atoms with Crippen LogP contribution in [0.3, 0.4) is 0 Å². The normalized spacial score (nSPS) is 27.5. The number of piperidine rings is 2. The number of amidine groups is 1. The van der Waals surface area contributed by atoms with Crippen molar-refractivity contribution in [3.05, 3.63) is 36.0 Å². The highest BCUT2D eigenvalue weighted by atomic mass is 16.2. The molecule has 4 rings (SSSR count). The fourth-order valence-corrected chi connectivity index (χ4v) is 5.03. The van der Waals surface area contributed by atoms with E-state index in [1.165, 1.54) is 27.8 Å². The summed E-state index contributed by atoms with van der Waals surface area (Å²) >= 11 is 0. The van der Waals surface area contributed by atoms with Gasteiger partial charge in [0.15, 0.2) is 0 Å². The van der Waals surface area contributed by atoms with Crippen LogP contribution in [0.1, 0.15) is 38.2 Å². The van der Waals surface area contributed by atoms with E-state index in [1.807, 2.05) is 0 Å². The minimum Gasteiger partial charge on any atom is -0.350 e. The van der Waals surface area contributed by atoms with E-state index >= 15 is 0 Å². The Morgan fingerprint density at radius 2 is 2.00 bits per heavy atom. The SMILES string of the molecule is CN1C(=N)C[C@](C)(C2CCCN(Cc3cn(C)c4ccccc34)C2)CC1=O. The number of hydrogen-bond acceptors (Lipinski definition) is 3. The van der Waals surface area contributed by atoms with Crippen molar-refractivity contribution in [2.24, 2.45) is 18.4 Å². The highest BCUT2D eigenvalue weighted by molar-refractivity contribution is 5.99. The number of aryl methyl sites for hydroxylation is 1. The third-order valence-corrected chi connectivity index (χ3v) is 6.77. The van der Waals surface area contributed by atoms with Crippen LogP contribution in [0, 0.1) is 16.7 Å². The fraction of sp³-hybridized carbons (Fsp3) is 0.545. The van der Waals surface area contributed by atoms with Crippen molar-refractivity contribution in [3.63, 3.8) is 0 Å². The first-order valence-electron chi connectivity index (χ1n) is 9.97. The monoisotopic (exact) mass is 366 g/mol. The largest absolute Gasteiger partial charge is 0.350 e. The van der Waals surface area contributed by atoms with Gasteiger partial charge in [-0.15, -0.1) is 0 Å². The number of amides is 1. The number of nitrogens with zero attached hydrogens (tertiary/aromatic N) is 3. The van der Waals surface area contributed by atoms with Crippen molar-refractivity contribution in [3.8, 4) is 0 Å². The molecule has 0 saturated carbocycles. The van der Waals surface area contributed by atoms with Crippen molar-refractivity contribution >= 4 is 22.6 Å². The number of nitrogens with one attached hydrogen (secondary N) is 1. The number of fused-ring (bicyclic) bond motifs is 1. The second kappa shape index (κ2) is 6.79. The summed E-state index contributed by atoms with van der Waals surface area (Å²) < 4.78 is 2.21. The summed E-state index contributed by atoms with van der Waals surface area (Å²) in [5.41, 5.74) is 2.58. The van der Waals surface area contributed by atoms with E-state index in [-0.39, 0.29) is 11.3 Å². The molecule has 1 amide bonds. The molecule has 2 fully saturated rings. The predicted molar refractivity (Wildman–Crippen MR) is 109 cm³/mol. The minimum atomic E-state index is -0.0852. The van der Waals surface area contributed by atoms with E-state index < -0.39 is 0 Å². The molecule has 2 aliphatic heterocycles. The molecule has 1 aromatic heterocycles. The van der Waals surface area contributed by atoms with Crippen LogP contribution in [0.4, 0.5) is 0 Å². The van der Waals surface area contributed by atoms with Gasteiger partial charge in [0, 0.05) is 57.1 Å². The van der Waals surface area contributed by atoms with Gasteiger partial charge >= 0.3 is 0 Å². The maximum absolute atomic E-state index is 12.4. The number of rotatable bonds is 3. The number of aromatic nitrogens is 1. The molecule has 1 unspecified atom stereocenters. The van der Waals surface area contributed by atoms with Crippen LogP contribution in [-0.2, 0) is 18.4 Å². The number of benzene rings is 1. The Labute approximate surface area is 161 Å². The number of likely N-dealkylation sites (tertiary alicyclic amines) is 2. The molecular weight excluding hydrogens is 336 g/mol. The average molecular weight is 367 g/mol. The van der Waals surface area contributed by atoms with Gasteiger partial charge in [0.25, 0.3) is 0 Å². The Morgan fingerprint density at radius 3 is 2.78 bits per heavy atom. The van der Waals surface area contributed by atoms with E-state index in [9.17, 15) is 4.79 Å². The van der Waals surface area contributed by atoms with Gasteiger partial charge in [-0.1, -0.05) is 25.1 Å². The van der Waals surface area contributed by atoms with Crippen molar-refractivity contribution in [1.82, 2.24) is 14.4 Å². The van der Waals surface area contributed by atoms with Crippen LogP contribution in [0.15, 0.2) is 30.5 Å². The average Bonchev–Trinajstić information content (AvgIpc) is 2.96. The van der Waals surface area contributed by atoms with Crippen LogP contribution in [-0.4, -0.2) is 46.2 Å². The Hall–Kier alpha value is -2.14. The lowest BCUT2D eigenvalue weighted by molar-refractivity contribution is -0.132. The van der Waals surface area contributed by atoms with E-state index in [0.29, 0.717) is 24.6 Å². The molecular formula is C22H30N4O. The van der Waals surface area contributed by atoms with Crippen LogP contribution < -0.4 is 0 Å². The minimum absolute atomic E-state index is 0.0852. The molecule has 2 aliphatic rings. The molecule has 2 saturated heterocycles. The second-order valence-electron chi connectivity index (χ2n) is 8.76. The highest BCUT2D eigenvalue weighted by Gasteiger charge is 2.43. The Morgan fingerprint density at radius 1 is 1.22 bits per heavy atom. The molecule has 1 aromatic carbocycles. The van der Waals surface area contributed by atoms with Crippen LogP contribution in [0.25, 0.3) is 10.9 Å². The molecule has 3 heterocycles. The highest BCUT2D eigenvalue weighted by Crippen LogP contribution is 2.43. The van der Waals surface area contributed by atoms with Crippen LogP contribution in [0.5, 0.6) is 0 Å². The van der Waals surface area contributed by atoms with E-state index in [0.717, 1.165) is 26.1 Å². The molecule has 1 N–H and O–H groups in total. The molecule has 5 nitrogen and oxygen atoms in total. The Kier molecular flexibility index (Phi) is 4.58. The summed E-state index contributed by atoms with van der Waals surface area (Å²) in [5.74, 6) is 1.04. The smallest absolute Gasteiger partial charge is 0.228 e. The predicted octanol–water partition coefficient (Wildman–Crippen LogP) is 3.63. The summed E-state index contributed by atoms with van der Waals surface area (Å²) in [7, 11) is 3.85. The number of hydrogen-bond donors (Lipinski definition) is 1. The topological polar surface area (TPSA) is 52.3 Å². The van der Waals surface area contributed by atoms with Gasteiger partial charge in [0.2, 0.25) is 5.91 Å². The summed E-state index contributed by atoms with van der Waals surface area (Å²) in [5, 5.41) is 9.55. The molecule has 2 atom stereocenters. The van der Waals surface area contributed by atoms with Gasteiger partial charge in [0.1, 0.15) is 5.84 Å². The fourth-order valence-electron chi connectivity index (χ4n) is 5.03. The molecule has 144 valence electrons. The molecule has 27 heavy (non-hydrogen) atoms. The van der Waals surface area contributed by atoms with Gasteiger partial charge < -0.3 is 9.47 Å². The van der Waals surface area contributed by atoms with E-state index in [1.54, 1.807) is 7.05 Å². The van der Waals surface area contributed by atoms with Gasteiger partial charge in [-0.05, 0) is 42.3 Å². The van der Waals surface area contributed by atoms with Crippen LogP contribution in [0.2, 0.25) is 0 Å². The first-order chi connectivity index (χ1) is 12.9. The van der Waals surface area contributed by atoms with Gasteiger partial charge in [-0.2, -0.15) is 0 Å². The molecule has 0 bridgehead atoms. The van der Waals surface area contributed by atoms with Gasteiger partial charge in [-0.3, -0.25) is 15.1 Å². The van der Waals surface area contributed by atoms with Crippen molar-refractivity contribution in [1.29, 1.82) is 5.41 Å². The molecule has 0 radical (unpaired) electrons. The lowest BCUT2D eigenvalue weighted by atomic mass is 9.67. The first-order valence-corrected chi connectivity index (χ1v) is 9.97. The van der Waals surface area contributed by atoms with Crippen molar-refractivity contribution < 1.29 is 4.79 Å². The van der Waals surface area contributed by atoms with Crippen molar-refractivity contribution in [2.45, 2.75) is 39.2 Å². The second-order valence-corrected chi connectivity index (χ2v) is 8.76. The molecule has 5 heteroatoms. The lowest BCUT2D eigenvalue weighted by Crippen LogP contribution is -2.50. The third kappa shape index (κ3) is 3.29. The maximum Gasteiger partial charge on any atom is 0.228 e. The molecule has 0 aliphatic carbocycles. The zero-order valence-electron chi connectivity index (χ0n) is 16.7. The summed E-state index contributed by atoms with van der Waals surface area (Å²) in [6, 6.07) is 8.59. The molecule has 0 spiro atoms. The van der Waals surface area contributed by atoms with Crippen LogP contribution >= 0.6 is 0 Å². The quantitative estimate of drug-likeness (QED) is 0.902. The van der Waals surface area contributed by atoms with Gasteiger partial charge in [-0.25, -0.2) is 0 Å². The van der Waals surface area contributed by atoms with Gasteiger partial charge in [0.05, 0.1) is 0 Å². The zero-order chi connectivity index (χ0) is 19.2. The molecule has 2 aromatic rings. The lowest BCUT2D eigenvalue weighted by Gasteiger charge is -2.46. The number of para-hydroxylation sites is 1. The third-order valence-electron chi connectivity index (χ3n) is 6.77. The summed E-state index contributed by atoms with van der Waals surface area (Å²) in [6.45, 7) is 5.31. The zero-order valence-corrected chi connectivity index (χ0v) is 16.7. The van der Waals surface area contributed by atoms with E-state index in [2.05, 4.69) is 53.9 Å². The first kappa shape index (κ1) is 18.2. The Balaban J connectivity index is 1.51.